The smallest absolute Gasteiger partial charge is 0.0332 e. The van der Waals surface area contributed by atoms with Gasteiger partial charge in [-0.25, -0.2) is 0 Å². The second-order valence-corrected chi connectivity index (χ2v) is 7.46. The summed E-state index contributed by atoms with van der Waals surface area (Å²) in [6, 6.07) is 0. The van der Waals surface area contributed by atoms with Crippen molar-refractivity contribution in [2.24, 2.45) is 17.1 Å². The number of piperidine rings is 1. The monoisotopic (exact) mass is 252 g/mol. The number of hydrogen-bond acceptors (Lipinski definition) is 2. The quantitative estimate of drug-likeness (QED) is 0.834. The maximum absolute atomic E-state index is 6.20. The summed E-state index contributed by atoms with van der Waals surface area (Å²) >= 11 is 0. The molecule has 2 aliphatic rings. The van der Waals surface area contributed by atoms with Gasteiger partial charge in [-0.3, -0.25) is 4.90 Å². The summed E-state index contributed by atoms with van der Waals surface area (Å²) in [5.74, 6) is 0.914. The predicted octanol–water partition coefficient (Wildman–Crippen LogP) is 3.41. The lowest BCUT2D eigenvalue weighted by Gasteiger charge is -2.52. The van der Waals surface area contributed by atoms with Crippen molar-refractivity contribution in [1.29, 1.82) is 0 Å². The highest BCUT2D eigenvalue weighted by molar-refractivity contribution is 4.99. The molecule has 18 heavy (non-hydrogen) atoms. The molecule has 0 aromatic rings. The normalized spacial score (nSPS) is 32.3. The van der Waals surface area contributed by atoms with Crippen molar-refractivity contribution in [2.75, 3.05) is 19.6 Å². The van der Waals surface area contributed by atoms with E-state index in [1.54, 1.807) is 0 Å². The largest absolute Gasteiger partial charge is 0.329 e. The summed E-state index contributed by atoms with van der Waals surface area (Å²) in [5, 5.41) is 0. The average molecular weight is 252 g/mol. The Balaban J connectivity index is 2.03. The van der Waals surface area contributed by atoms with Gasteiger partial charge in [-0.1, -0.05) is 27.2 Å². The first kappa shape index (κ1) is 14.3. The van der Waals surface area contributed by atoms with E-state index in [9.17, 15) is 0 Å². The van der Waals surface area contributed by atoms with Crippen molar-refractivity contribution >= 4 is 0 Å². The minimum Gasteiger partial charge on any atom is -0.329 e. The fourth-order valence-electron chi connectivity index (χ4n) is 3.87. The maximum atomic E-state index is 6.20. The molecular weight excluding hydrogens is 220 g/mol. The lowest BCUT2D eigenvalue weighted by atomic mass is 9.68. The number of nitrogens with two attached hydrogens (primary N) is 1. The molecule has 1 heterocycles. The zero-order valence-corrected chi connectivity index (χ0v) is 12.7. The topological polar surface area (TPSA) is 29.3 Å². The van der Waals surface area contributed by atoms with Gasteiger partial charge in [0.1, 0.15) is 0 Å². The molecule has 1 aliphatic carbocycles. The fourth-order valence-corrected chi connectivity index (χ4v) is 3.87. The van der Waals surface area contributed by atoms with E-state index in [1.165, 1.54) is 58.0 Å². The first-order valence-corrected chi connectivity index (χ1v) is 7.96. The molecule has 0 aromatic carbocycles. The number of rotatable bonds is 3. The fraction of sp³-hybridized carbons (Fsp3) is 1.00. The van der Waals surface area contributed by atoms with Crippen LogP contribution in [0.15, 0.2) is 0 Å². The van der Waals surface area contributed by atoms with E-state index in [0.29, 0.717) is 11.0 Å². The summed E-state index contributed by atoms with van der Waals surface area (Å²) in [6.07, 6.45) is 9.46. The SMILES string of the molecule is CCC1CCCN(C2(CN)CCC(C)(C)CC2)C1. The highest BCUT2D eigenvalue weighted by Crippen LogP contribution is 2.43. The molecule has 0 spiro atoms. The Morgan fingerprint density at radius 1 is 1.17 bits per heavy atom. The first-order chi connectivity index (χ1) is 8.51. The number of nitrogens with zero attached hydrogens (tertiary/aromatic N) is 1. The van der Waals surface area contributed by atoms with Crippen LogP contribution in [-0.4, -0.2) is 30.1 Å². The summed E-state index contributed by atoms with van der Waals surface area (Å²) in [5.41, 5.74) is 7.08. The Labute approximate surface area is 113 Å². The van der Waals surface area contributed by atoms with E-state index in [4.69, 9.17) is 5.73 Å². The Morgan fingerprint density at radius 3 is 2.39 bits per heavy atom. The van der Waals surface area contributed by atoms with Crippen molar-refractivity contribution in [3.05, 3.63) is 0 Å². The van der Waals surface area contributed by atoms with Crippen LogP contribution in [0.3, 0.4) is 0 Å². The van der Waals surface area contributed by atoms with Crippen LogP contribution in [-0.2, 0) is 0 Å². The molecule has 2 nitrogen and oxygen atoms in total. The predicted molar refractivity (Wildman–Crippen MR) is 78.6 cm³/mol. The van der Waals surface area contributed by atoms with E-state index in [0.717, 1.165) is 12.5 Å². The molecule has 1 saturated heterocycles. The molecule has 0 bridgehead atoms. The van der Waals surface area contributed by atoms with Crippen LogP contribution in [0.2, 0.25) is 0 Å². The molecule has 2 fully saturated rings. The lowest BCUT2D eigenvalue weighted by Crippen LogP contribution is -2.59. The van der Waals surface area contributed by atoms with E-state index < -0.39 is 0 Å². The molecule has 1 aliphatic heterocycles. The van der Waals surface area contributed by atoms with Gasteiger partial charge in [0.25, 0.3) is 0 Å². The number of hydrogen-bond donors (Lipinski definition) is 1. The van der Waals surface area contributed by atoms with Gasteiger partial charge < -0.3 is 5.73 Å². The third kappa shape index (κ3) is 2.91. The highest BCUT2D eigenvalue weighted by Gasteiger charge is 2.42. The highest BCUT2D eigenvalue weighted by atomic mass is 15.2. The van der Waals surface area contributed by atoms with E-state index in [2.05, 4.69) is 25.7 Å². The molecule has 1 unspecified atom stereocenters. The Bertz CT molecular complexity index is 262. The van der Waals surface area contributed by atoms with Crippen molar-refractivity contribution in [1.82, 2.24) is 4.90 Å². The van der Waals surface area contributed by atoms with Gasteiger partial charge in [0.15, 0.2) is 0 Å². The number of likely N-dealkylation sites (tertiary alicyclic amines) is 1. The zero-order chi connectivity index (χ0) is 13.2. The van der Waals surface area contributed by atoms with Crippen molar-refractivity contribution in [3.8, 4) is 0 Å². The first-order valence-electron chi connectivity index (χ1n) is 7.96. The Hall–Kier alpha value is -0.0800. The van der Waals surface area contributed by atoms with Crippen molar-refractivity contribution < 1.29 is 0 Å². The van der Waals surface area contributed by atoms with Crippen LogP contribution in [0.25, 0.3) is 0 Å². The molecule has 106 valence electrons. The molecule has 2 rings (SSSR count). The summed E-state index contributed by atoms with van der Waals surface area (Å²) in [4.78, 5) is 2.76. The Morgan fingerprint density at radius 2 is 1.83 bits per heavy atom. The van der Waals surface area contributed by atoms with Crippen LogP contribution in [0.5, 0.6) is 0 Å². The summed E-state index contributed by atoms with van der Waals surface area (Å²) < 4.78 is 0. The molecule has 0 radical (unpaired) electrons. The third-order valence-corrected chi connectivity index (χ3v) is 5.68. The standard InChI is InChI=1S/C16H32N2/c1-4-14-6-5-11-18(12-14)16(13-17)9-7-15(2,3)8-10-16/h14H,4-13,17H2,1-3H3. The van der Waals surface area contributed by atoms with Gasteiger partial charge in [0.05, 0.1) is 0 Å². The van der Waals surface area contributed by atoms with Crippen LogP contribution < -0.4 is 5.73 Å². The second kappa shape index (κ2) is 5.50. The van der Waals surface area contributed by atoms with Gasteiger partial charge in [-0.2, -0.15) is 0 Å². The zero-order valence-electron chi connectivity index (χ0n) is 12.7. The van der Waals surface area contributed by atoms with Crippen LogP contribution in [0.4, 0.5) is 0 Å². The lowest BCUT2D eigenvalue weighted by molar-refractivity contribution is -0.00478. The van der Waals surface area contributed by atoms with Gasteiger partial charge in [0.2, 0.25) is 0 Å². The average Bonchev–Trinajstić information content (AvgIpc) is 2.39. The van der Waals surface area contributed by atoms with Crippen LogP contribution in [0.1, 0.15) is 65.7 Å². The van der Waals surface area contributed by atoms with Crippen LogP contribution in [0, 0.1) is 11.3 Å². The summed E-state index contributed by atoms with van der Waals surface area (Å²) in [7, 11) is 0. The molecule has 2 N–H and O–H groups in total. The molecule has 1 saturated carbocycles. The van der Waals surface area contributed by atoms with Crippen molar-refractivity contribution in [3.63, 3.8) is 0 Å². The van der Waals surface area contributed by atoms with Gasteiger partial charge >= 0.3 is 0 Å². The minimum atomic E-state index is 0.337. The summed E-state index contributed by atoms with van der Waals surface area (Å²) in [6.45, 7) is 10.6. The van der Waals surface area contributed by atoms with Crippen LogP contribution >= 0.6 is 0 Å². The molecule has 0 aromatic heterocycles. The maximum Gasteiger partial charge on any atom is 0.0332 e. The van der Waals surface area contributed by atoms with E-state index in [1.807, 2.05) is 0 Å². The molecule has 1 atom stereocenters. The minimum absolute atomic E-state index is 0.337. The molecular formula is C16H32N2. The van der Waals surface area contributed by atoms with Crippen molar-refractivity contribution in [2.45, 2.75) is 71.3 Å². The molecule has 0 amide bonds. The van der Waals surface area contributed by atoms with E-state index >= 15 is 0 Å². The van der Waals surface area contributed by atoms with Gasteiger partial charge in [0, 0.05) is 18.6 Å². The third-order valence-electron chi connectivity index (χ3n) is 5.68. The van der Waals surface area contributed by atoms with E-state index in [-0.39, 0.29) is 0 Å². The van der Waals surface area contributed by atoms with Gasteiger partial charge in [-0.15, -0.1) is 0 Å². The molecule has 2 heteroatoms. The second-order valence-electron chi connectivity index (χ2n) is 7.46. The Kier molecular flexibility index (Phi) is 4.38. The van der Waals surface area contributed by atoms with Gasteiger partial charge in [-0.05, 0) is 56.4 Å².